The lowest BCUT2D eigenvalue weighted by molar-refractivity contribution is -0.129. The first kappa shape index (κ1) is 20.7. The van der Waals surface area contributed by atoms with Crippen LogP contribution in [0.5, 0.6) is 11.5 Å². The molecule has 1 N–H and O–H groups in total. The van der Waals surface area contributed by atoms with Gasteiger partial charge in [-0.15, -0.1) is 0 Å². The zero-order valence-electron chi connectivity index (χ0n) is 17.1. The van der Waals surface area contributed by atoms with Crippen molar-refractivity contribution in [2.45, 2.75) is 71.1 Å². The summed E-state index contributed by atoms with van der Waals surface area (Å²) in [4.78, 5) is 12.5. The van der Waals surface area contributed by atoms with Gasteiger partial charge in [0, 0.05) is 23.5 Å². The Kier molecular flexibility index (Phi) is 5.40. The average Bonchev–Trinajstić information content (AvgIpc) is 2.95. The van der Waals surface area contributed by atoms with E-state index >= 15 is 0 Å². The molecule has 3 aliphatic carbocycles. The van der Waals surface area contributed by atoms with Gasteiger partial charge in [-0.2, -0.15) is 8.42 Å². The van der Waals surface area contributed by atoms with Gasteiger partial charge >= 0.3 is 10.4 Å². The Morgan fingerprint density at radius 3 is 2.72 bits per heavy atom. The zero-order chi connectivity index (χ0) is 20.8. The van der Waals surface area contributed by atoms with Gasteiger partial charge < -0.3 is 8.92 Å². The highest BCUT2D eigenvalue weighted by Crippen LogP contribution is 2.60. The highest BCUT2D eigenvalue weighted by Gasteiger charge is 2.55. The Morgan fingerprint density at radius 1 is 1.21 bits per heavy atom. The lowest BCUT2D eigenvalue weighted by atomic mass is 9.55. The molecule has 1 aromatic carbocycles. The molecule has 6 nitrogen and oxygen atoms in total. The summed E-state index contributed by atoms with van der Waals surface area (Å²) >= 11 is 0. The number of benzene rings is 1. The van der Waals surface area contributed by atoms with Crippen molar-refractivity contribution in [3.8, 4) is 11.5 Å². The highest BCUT2D eigenvalue weighted by molar-refractivity contribution is 7.81. The van der Waals surface area contributed by atoms with E-state index in [1.807, 2.05) is 6.07 Å². The summed E-state index contributed by atoms with van der Waals surface area (Å²) in [6.45, 7) is 4.74. The van der Waals surface area contributed by atoms with E-state index in [4.69, 9.17) is 8.92 Å². The summed E-state index contributed by atoms with van der Waals surface area (Å²) < 4.78 is 43.3. The molecule has 3 aliphatic rings. The third kappa shape index (κ3) is 3.79. The number of hydrogen-bond donors (Lipinski definition) is 1. The lowest BCUT2D eigenvalue weighted by Crippen LogP contribution is -2.42. The molecule has 4 atom stereocenters. The SMILES string of the molecule is CCCCOc1cc2c(c(OS(=O)(=O)O)c1)[C@H]1CC[C@]3(C)C(=O)CC[C@H]3[C@@H]1CC2. The highest BCUT2D eigenvalue weighted by atomic mass is 32.3. The van der Waals surface area contributed by atoms with Gasteiger partial charge in [0.15, 0.2) is 5.75 Å². The minimum absolute atomic E-state index is 0.143. The molecule has 4 rings (SSSR count). The van der Waals surface area contributed by atoms with Crippen LogP contribution in [0.3, 0.4) is 0 Å². The maximum absolute atomic E-state index is 12.5. The van der Waals surface area contributed by atoms with Crippen LogP contribution in [0.1, 0.15) is 75.8 Å². The summed E-state index contributed by atoms with van der Waals surface area (Å²) in [6.07, 6.45) is 6.89. The Balaban J connectivity index is 1.71. The number of carbonyl (C=O) groups excluding carboxylic acids is 1. The molecule has 0 saturated heterocycles. The number of unbranched alkanes of at least 4 members (excludes halogenated alkanes) is 1. The fourth-order valence-electron chi connectivity index (χ4n) is 6.03. The standard InChI is InChI=1S/C22H30O6S/c1-3-4-11-27-15-12-14-5-6-16-17(21(14)19(13-15)28-29(24,25)26)9-10-22(2)18(16)7-8-20(22)23/h12-13,16-18H,3-11H2,1-2H3,(H,24,25,26)/t16-,17+,18+,22+/m1/s1. The van der Waals surface area contributed by atoms with Gasteiger partial charge in [0.2, 0.25) is 0 Å². The zero-order valence-corrected chi connectivity index (χ0v) is 18.0. The molecule has 0 bridgehead atoms. The molecule has 29 heavy (non-hydrogen) atoms. The largest absolute Gasteiger partial charge is 0.493 e. The second-order valence-electron chi connectivity index (χ2n) is 9.04. The third-order valence-corrected chi connectivity index (χ3v) is 7.82. The molecule has 2 saturated carbocycles. The van der Waals surface area contributed by atoms with Crippen LogP contribution in [0.25, 0.3) is 0 Å². The molecule has 0 aliphatic heterocycles. The molecule has 1 aromatic rings. The Labute approximate surface area is 172 Å². The van der Waals surface area contributed by atoms with E-state index in [0.29, 0.717) is 36.4 Å². The fourth-order valence-corrected chi connectivity index (χ4v) is 6.39. The minimum atomic E-state index is -4.64. The number of Topliss-reactive ketones (excluding diaryl/α,β-unsaturated/α-hetero) is 1. The van der Waals surface area contributed by atoms with Crippen molar-refractivity contribution < 1.29 is 26.7 Å². The summed E-state index contributed by atoms with van der Waals surface area (Å²) in [5.41, 5.74) is 1.67. The number of carbonyl (C=O) groups is 1. The number of fused-ring (bicyclic) bond motifs is 5. The van der Waals surface area contributed by atoms with Crippen molar-refractivity contribution >= 4 is 16.2 Å². The third-order valence-electron chi connectivity index (χ3n) is 7.43. The maximum atomic E-state index is 12.5. The van der Waals surface area contributed by atoms with Crippen molar-refractivity contribution in [1.82, 2.24) is 0 Å². The van der Waals surface area contributed by atoms with Crippen LogP contribution in [0, 0.1) is 17.3 Å². The van der Waals surface area contributed by atoms with E-state index in [1.54, 1.807) is 6.07 Å². The smallest absolute Gasteiger partial charge is 0.446 e. The van der Waals surface area contributed by atoms with Gasteiger partial charge in [-0.05, 0) is 67.9 Å². The fraction of sp³-hybridized carbons (Fsp3) is 0.682. The topological polar surface area (TPSA) is 89.9 Å². The van der Waals surface area contributed by atoms with Gasteiger partial charge in [-0.1, -0.05) is 20.3 Å². The van der Waals surface area contributed by atoms with Crippen molar-refractivity contribution in [1.29, 1.82) is 0 Å². The van der Waals surface area contributed by atoms with Gasteiger partial charge in [-0.3, -0.25) is 9.35 Å². The molecule has 0 aromatic heterocycles. The number of aryl methyl sites for hydroxylation is 1. The van der Waals surface area contributed by atoms with Crippen molar-refractivity contribution in [3.63, 3.8) is 0 Å². The predicted octanol–water partition coefficient (Wildman–Crippen LogP) is 4.47. The van der Waals surface area contributed by atoms with Gasteiger partial charge in [0.1, 0.15) is 11.5 Å². The van der Waals surface area contributed by atoms with E-state index < -0.39 is 10.4 Å². The second kappa shape index (κ2) is 7.58. The Morgan fingerprint density at radius 2 is 2.00 bits per heavy atom. The number of rotatable bonds is 6. The maximum Gasteiger partial charge on any atom is 0.446 e. The monoisotopic (exact) mass is 422 g/mol. The average molecular weight is 423 g/mol. The van der Waals surface area contributed by atoms with Crippen LogP contribution in [-0.4, -0.2) is 25.4 Å². The van der Waals surface area contributed by atoms with Gasteiger partial charge in [0.25, 0.3) is 0 Å². The van der Waals surface area contributed by atoms with Crippen LogP contribution < -0.4 is 8.92 Å². The molecular formula is C22H30O6S. The van der Waals surface area contributed by atoms with E-state index in [2.05, 4.69) is 13.8 Å². The molecule has 2 fully saturated rings. The van der Waals surface area contributed by atoms with Crippen LogP contribution in [0.15, 0.2) is 12.1 Å². The molecular weight excluding hydrogens is 392 g/mol. The Hall–Kier alpha value is -1.60. The summed E-state index contributed by atoms with van der Waals surface area (Å²) in [5.74, 6) is 1.94. The van der Waals surface area contributed by atoms with Crippen LogP contribution in [0.4, 0.5) is 0 Å². The van der Waals surface area contributed by atoms with Gasteiger partial charge in [-0.25, -0.2) is 0 Å². The van der Waals surface area contributed by atoms with Crippen LogP contribution in [0.2, 0.25) is 0 Å². The van der Waals surface area contributed by atoms with Crippen LogP contribution in [-0.2, 0) is 21.6 Å². The summed E-state index contributed by atoms with van der Waals surface area (Å²) in [5, 5.41) is 0. The normalized spacial score (nSPS) is 31.0. The first-order valence-electron chi connectivity index (χ1n) is 10.7. The quantitative estimate of drug-likeness (QED) is 0.537. The van der Waals surface area contributed by atoms with Crippen molar-refractivity contribution in [3.05, 3.63) is 23.3 Å². The summed E-state index contributed by atoms with van der Waals surface area (Å²) in [6, 6.07) is 3.59. The summed E-state index contributed by atoms with van der Waals surface area (Å²) in [7, 11) is -4.64. The molecule has 0 unspecified atom stereocenters. The number of ether oxygens (including phenoxy) is 1. The molecule has 7 heteroatoms. The molecule has 160 valence electrons. The van der Waals surface area contributed by atoms with E-state index in [9.17, 15) is 17.8 Å². The molecule has 0 spiro atoms. The number of hydrogen-bond acceptors (Lipinski definition) is 5. The minimum Gasteiger partial charge on any atom is -0.493 e. The van der Waals surface area contributed by atoms with Crippen LogP contribution >= 0.6 is 0 Å². The predicted molar refractivity (Wildman–Crippen MR) is 109 cm³/mol. The second-order valence-corrected chi connectivity index (χ2v) is 10.1. The molecule has 0 amide bonds. The lowest BCUT2D eigenvalue weighted by Gasteiger charge is -2.48. The van der Waals surface area contributed by atoms with E-state index in [1.165, 1.54) is 0 Å². The van der Waals surface area contributed by atoms with Crippen molar-refractivity contribution in [2.24, 2.45) is 17.3 Å². The van der Waals surface area contributed by atoms with Gasteiger partial charge in [0.05, 0.1) is 6.61 Å². The first-order chi connectivity index (χ1) is 13.7. The first-order valence-corrected chi connectivity index (χ1v) is 12.1. The molecule has 0 heterocycles. The van der Waals surface area contributed by atoms with E-state index in [0.717, 1.165) is 56.1 Å². The Bertz CT molecular complexity index is 908. The van der Waals surface area contributed by atoms with Crippen molar-refractivity contribution in [2.75, 3.05) is 6.61 Å². The molecule has 0 radical (unpaired) electrons. The van der Waals surface area contributed by atoms with E-state index in [-0.39, 0.29) is 17.1 Å². The number of ketones is 1.